The maximum atomic E-state index is 8.86. The minimum absolute atomic E-state index is 0.259. The molecule has 0 radical (unpaired) electrons. The highest BCUT2D eigenvalue weighted by Crippen LogP contribution is 2.19. The van der Waals surface area contributed by atoms with E-state index in [9.17, 15) is 0 Å². The van der Waals surface area contributed by atoms with Crippen LogP contribution in [0, 0.1) is 0 Å². The Bertz CT molecular complexity index is 367. The molecule has 100 valence electrons. The molecule has 2 N–H and O–H groups in total. The van der Waals surface area contributed by atoms with Crippen LogP contribution in [0.3, 0.4) is 0 Å². The van der Waals surface area contributed by atoms with Crippen molar-refractivity contribution in [2.75, 3.05) is 18.5 Å². The van der Waals surface area contributed by atoms with Crippen molar-refractivity contribution in [2.45, 2.75) is 44.8 Å². The Labute approximate surface area is 109 Å². The standard InChI is InChI=1S/C15H23NO2/c1-12-10-15(7-9-18-12)16-14-6-2-4-13(11-14)5-3-8-17/h2,4,6,11-12,15-17H,3,5,7-10H2,1H3. The van der Waals surface area contributed by atoms with Crippen LogP contribution in [0.5, 0.6) is 0 Å². The predicted octanol–water partition coefficient (Wildman–Crippen LogP) is 2.59. The third-order valence-electron chi connectivity index (χ3n) is 3.41. The number of benzene rings is 1. The quantitative estimate of drug-likeness (QED) is 0.843. The maximum Gasteiger partial charge on any atom is 0.0566 e. The average molecular weight is 249 g/mol. The van der Waals surface area contributed by atoms with E-state index in [-0.39, 0.29) is 6.61 Å². The first kappa shape index (κ1) is 13.4. The zero-order valence-electron chi connectivity index (χ0n) is 11.1. The number of ether oxygens (including phenoxy) is 1. The van der Waals surface area contributed by atoms with Gasteiger partial charge in [-0.3, -0.25) is 0 Å². The Kier molecular flexibility index (Phi) is 5.02. The van der Waals surface area contributed by atoms with Gasteiger partial charge in [0, 0.05) is 24.9 Å². The molecule has 1 aliphatic rings. The number of aliphatic hydroxyl groups is 1. The SMILES string of the molecule is CC1CC(Nc2cccc(CCCO)c2)CCO1. The number of nitrogens with one attached hydrogen (secondary N) is 1. The lowest BCUT2D eigenvalue weighted by Gasteiger charge is -2.28. The molecule has 1 fully saturated rings. The minimum Gasteiger partial charge on any atom is -0.396 e. The van der Waals surface area contributed by atoms with Gasteiger partial charge in [0.25, 0.3) is 0 Å². The first-order valence-electron chi connectivity index (χ1n) is 6.86. The van der Waals surface area contributed by atoms with E-state index in [0.29, 0.717) is 12.1 Å². The summed E-state index contributed by atoms with van der Waals surface area (Å²) in [4.78, 5) is 0. The van der Waals surface area contributed by atoms with Crippen LogP contribution < -0.4 is 5.32 Å². The summed E-state index contributed by atoms with van der Waals surface area (Å²) in [7, 11) is 0. The van der Waals surface area contributed by atoms with Crippen molar-refractivity contribution >= 4 is 5.69 Å². The van der Waals surface area contributed by atoms with Crippen LogP contribution in [0.2, 0.25) is 0 Å². The normalized spacial score (nSPS) is 23.9. The van der Waals surface area contributed by atoms with E-state index >= 15 is 0 Å². The summed E-state index contributed by atoms with van der Waals surface area (Å²) in [6, 6.07) is 9.02. The molecule has 0 aliphatic carbocycles. The highest BCUT2D eigenvalue weighted by Gasteiger charge is 2.18. The fourth-order valence-electron chi connectivity index (χ4n) is 2.46. The lowest BCUT2D eigenvalue weighted by molar-refractivity contribution is 0.0232. The number of aliphatic hydroxyl groups excluding tert-OH is 1. The zero-order chi connectivity index (χ0) is 12.8. The van der Waals surface area contributed by atoms with Crippen LogP contribution in [0.25, 0.3) is 0 Å². The second kappa shape index (κ2) is 6.76. The van der Waals surface area contributed by atoms with Crippen molar-refractivity contribution in [1.82, 2.24) is 0 Å². The van der Waals surface area contributed by atoms with E-state index in [1.54, 1.807) is 0 Å². The molecular formula is C15H23NO2. The van der Waals surface area contributed by atoms with E-state index in [1.807, 2.05) is 0 Å². The molecule has 2 rings (SSSR count). The van der Waals surface area contributed by atoms with E-state index in [2.05, 4.69) is 36.5 Å². The van der Waals surface area contributed by atoms with Crippen molar-refractivity contribution in [3.63, 3.8) is 0 Å². The molecule has 1 aromatic rings. The Morgan fingerprint density at radius 1 is 1.44 bits per heavy atom. The summed E-state index contributed by atoms with van der Waals surface area (Å²) >= 11 is 0. The van der Waals surface area contributed by atoms with Gasteiger partial charge in [-0.15, -0.1) is 0 Å². The summed E-state index contributed by atoms with van der Waals surface area (Å²) in [5, 5.41) is 12.4. The molecule has 1 saturated heterocycles. The topological polar surface area (TPSA) is 41.5 Å². The maximum absolute atomic E-state index is 8.86. The molecular weight excluding hydrogens is 226 g/mol. The summed E-state index contributed by atoms with van der Waals surface area (Å²) in [6.45, 7) is 3.24. The second-order valence-corrected chi connectivity index (χ2v) is 5.07. The first-order chi connectivity index (χ1) is 8.78. The number of aryl methyl sites for hydroxylation is 1. The van der Waals surface area contributed by atoms with Crippen molar-refractivity contribution in [3.8, 4) is 0 Å². The number of hydrogen-bond acceptors (Lipinski definition) is 3. The average Bonchev–Trinajstić information content (AvgIpc) is 2.37. The molecule has 3 heteroatoms. The van der Waals surface area contributed by atoms with Crippen LogP contribution in [-0.4, -0.2) is 30.5 Å². The number of hydrogen-bond donors (Lipinski definition) is 2. The Morgan fingerprint density at radius 3 is 3.11 bits per heavy atom. The number of rotatable bonds is 5. The zero-order valence-corrected chi connectivity index (χ0v) is 11.1. The summed E-state index contributed by atoms with van der Waals surface area (Å²) in [5.74, 6) is 0. The Balaban J connectivity index is 1.91. The lowest BCUT2D eigenvalue weighted by atomic mass is 10.0. The monoisotopic (exact) mass is 249 g/mol. The van der Waals surface area contributed by atoms with Crippen LogP contribution in [0.15, 0.2) is 24.3 Å². The highest BCUT2D eigenvalue weighted by atomic mass is 16.5. The smallest absolute Gasteiger partial charge is 0.0566 e. The van der Waals surface area contributed by atoms with Crippen LogP contribution in [0.1, 0.15) is 31.7 Å². The molecule has 18 heavy (non-hydrogen) atoms. The largest absolute Gasteiger partial charge is 0.396 e. The highest BCUT2D eigenvalue weighted by molar-refractivity contribution is 5.46. The first-order valence-corrected chi connectivity index (χ1v) is 6.86. The molecule has 0 spiro atoms. The third kappa shape index (κ3) is 4.00. The van der Waals surface area contributed by atoms with Gasteiger partial charge < -0.3 is 15.2 Å². The fourth-order valence-corrected chi connectivity index (χ4v) is 2.46. The molecule has 0 saturated carbocycles. The summed E-state index contributed by atoms with van der Waals surface area (Å²) in [5.41, 5.74) is 2.47. The molecule has 3 nitrogen and oxygen atoms in total. The summed E-state index contributed by atoms with van der Waals surface area (Å²) < 4.78 is 5.55. The van der Waals surface area contributed by atoms with Crippen molar-refractivity contribution in [1.29, 1.82) is 0 Å². The van der Waals surface area contributed by atoms with E-state index in [1.165, 1.54) is 11.3 Å². The van der Waals surface area contributed by atoms with Gasteiger partial charge in [0.15, 0.2) is 0 Å². The minimum atomic E-state index is 0.259. The Hall–Kier alpha value is -1.06. The molecule has 1 heterocycles. The molecule has 0 amide bonds. The molecule has 0 bridgehead atoms. The molecule has 1 aliphatic heterocycles. The van der Waals surface area contributed by atoms with Gasteiger partial charge in [-0.05, 0) is 50.3 Å². The van der Waals surface area contributed by atoms with Crippen molar-refractivity contribution in [3.05, 3.63) is 29.8 Å². The molecule has 2 unspecified atom stereocenters. The number of anilines is 1. The molecule has 1 aromatic carbocycles. The van der Waals surface area contributed by atoms with Gasteiger partial charge in [0.05, 0.1) is 6.10 Å². The fraction of sp³-hybridized carbons (Fsp3) is 0.600. The summed E-state index contributed by atoms with van der Waals surface area (Å²) in [6.07, 6.45) is 4.27. The van der Waals surface area contributed by atoms with Crippen LogP contribution >= 0.6 is 0 Å². The lowest BCUT2D eigenvalue weighted by Crippen LogP contribution is -2.32. The van der Waals surface area contributed by atoms with Crippen LogP contribution in [0.4, 0.5) is 5.69 Å². The van der Waals surface area contributed by atoms with E-state index < -0.39 is 0 Å². The van der Waals surface area contributed by atoms with Crippen molar-refractivity contribution in [2.24, 2.45) is 0 Å². The third-order valence-corrected chi connectivity index (χ3v) is 3.41. The van der Waals surface area contributed by atoms with Gasteiger partial charge in [0.2, 0.25) is 0 Å². The Morgan fingerprint density at radius 2 is 2.33 bits per heavy atom. The van der Waals surface area contributed by atoms with Gasteiger partial charge >= 0.3 is 0 Å². The van der Waals surface area contributed by atoms with E-state index in [4.69, 9.17) is 9.84 Å². The predicted molar refractivity (Wildman–Crippen MR) is 73.9 cm³/mol. The van der Waals surface area contributed by atoms with Gasteiger partial charge in [-0.2, -0.15) is 0 Å². The van der Waals surface area contributed by atoms with Gasteiger partial charge in [0.1, 0.15) is 0 Å². The molecule has 2 atom stereocenters. The van der Waals surface area contributed by atoms with Gasteiger partial charge in [-0.25, -0.2) is 0 Å². The van der Waals surface area contributed by atoms with E-state index in [0.717, 1.165) is 32.3 Å². The van der Waals surface area contributed by atoms with Crippen molar-refractivity contribution < 1.29 is 9.84 Å². The van der Waals surface area contributed by atoms with Crippen LogP contribution in [-0.2, 0) is 11.2 Å². The van der Waals surface area contributed by atoms with Gasteiger partial charge in [-0.1, -0.05) is 12.1 Å². The second-order valence-electron chi connectivity index (χ2n) is 5.07. The molecule has 0 aromatic heterocycles.